The molecule has 1 aliphatic rings. The fourth-order valence-electron chi connectivity index (χ4n) is 3.15. The van der Waals surface area contributed by atoms with Crippen LogP contribution in [-0.2, 0) is 11.0 Å². The minimum absolute atomic E-state index is 0.0442. The number of nitrogens with zero attached hydrogens (tertiary/aromatic N) is 1. The Balaban J connectivity index is 1.59. The van der Waals surface area contributed by atoms with Crippen molar-refractivity contribution in [1.29, 1.82) is 0 Å². The summed E-state index contributed by atoms with van der Waals surface area (Å²) in [5.41, 5.74) is -0.507. The number of benzene rings is 1. The minimum atomic E-state index is -4.46. The highest BCUT2D eigenvalue weighted by molar-refractivity contribution is 7.12. The quantitative estimate of drug-likeness (QED) is 0.827. The third kappa shape index (κ3) is 4.50. The molecule has 2 amide bonds. The lowest BCUT2D eigenvalue weighted by Gasteiger charge is -2.31. The number of carbonyl (C=O) groups is 2. The minimum Gasteiger partial charge on any atom is -0.338 e. The van der Waals surface area contributed by atoms with E-state index in [-0.39, 0.29) is 29.0 Å². The summed E-state index contributed by atoms with van der Waals surface area (Å²) in [5.74, 6) is -0.680. The van der Waals surface area contributed by atoms with Gasteiger partial charge < -0.3 is 10.2 Å². The Hall–Kier alpha value is -2.35. The number of thiophene rings is 1. The number of alkyl halides is 3. The molecule has 1 aliphatic heterocycles. The van der Waals surface area contributed by atoms with E-state index in [9.17, 15) is 22.8 Å². The van der Waals surface area contributed by atoms with Crippen molar-refractivity contribution >= 4 is 28.8 Å². The molecule has 1 aromatic carbocycles. The molecule has 1 saturated heterocycles. The highest BCUT2D eigenvalue weighted by Gasteiger charge is 2.33. The number of rotatable bonds is 3. The number of piperidine rings is 1. The van der Waals surface area contributed by atoms with Gasteiger partial charge in [-0.15, -0.1) is 11.3 Å². The molecule has 2 heterocycles. The van der Waals surface area contributed by atoms with E-state index in [1.54, 1.807) is 11.0 Å². The van der Waals surface area contributed by atoms with Gasteiger partial charge in [0.15, 0.2) is 0 Å². The first-order valence-electron chi connectivity index (χ1n) is 8.57. The van der Waals surface area contributed by atoms with Crippen LogP contribution in [0.2, 0.25) is 0 Å². The zero-order valence-electron chi connectivity index (χ0n) is 14.7. The molecule has 144 valence electrons. The second kappa shape index (κ2) is 7.72. The molecule has 1 aromatic heterocycles. The summed E-state index contributed by atoms with van der Waals surface area (Å²) in [4.78, 5) is 27.1. The molecule has 0 aliphatic carbocycles. The lowest BCUT2D eigenvalue weighted by molar-refractivity contribution is -0.138. The maximum absolute atomic E-state index is 13.0. The highest BCUT2D eigenvalue weighted by atomic mass is 32.1. The second-order valence-electron chi connectivity index (χ2n) is 6.56. The zero-order chi connectivity index (χ0) is 19.6. The molecule has 1 N–H and O–H groups in total. The average molecular weight is 396 g/mol. The van der Waals surface area contributed by atoms with Crippen LogP contribution >= 0.6 is 11.3 Å². The molecule has 2 aromatic rings. The highest BCUT2D eigenvalue weighted by Crippen LogP contribution is 2.33. The number of aryl methyl sites for hydroxylation is 1. The third-order valence-corrected chi connectivity index (χ3v) is 5.55. The van der Waals surface area contributed by atoms with E-state index in [1.807, 2.05) is 11.4 Å². The fraction of sp³-hybridized carbons (Fsp3) is 0.368. The second-order valence-corrected chi connectivity index (χ2v) is 7.51. The predicted molar refractivity (Wildman–Crippen MR) is 97.8 cm³/mol. The van der Waals surface area contributed by atoms with Crippen LogP contribution in [0.4, 0.5) is 18.9 Å². The van der Waals surface area contributed by atoms with Gasteiger partial charge in [0.05, 0.1) is 10.4 Å². The number of hydrogen-bond donors (Lipinski definition) is 1. The standard InChI is InChI=1S/C19H19F3N2O2S/c1-12-4-5-14(11-15(12)19(20,21)22)23-17(25)13-6-8-24(9-7-13)18(26)16-3-2-10-27-16/h2-5,10-11,13H,6-9H2,1H3,(H,23,25). The Morgan fingerprint density at radius 1 is 1.19 bits per heavy atom. The van der Waals surface area contributed by atoms with Gasteiger partial charge in [-0.05, 0) is 48.9 Å². The van der Waals surface area contributed by atoms with E-state index in [0.29, 0.717) is 30.8 Å². The van der Waals surface area contributed by atoms with E-state index >= 15 is 0 Å². The van der Waals surface area contributed by atoms with Crippen molar-refractivity contribution in [3.8, 4) is 0 Å². The number of hydrogen-bond acceptors (Lipinski definition) is 3. The average Bonchev–Trinajstić information content (AvgIpc) is 3.16. The lowest BCUT2D eigenvalue weighted by atomic mass is 9.95. The Morgan fingerprint density at radius 3 is 2.48 bits per heavy atom. The molecule has 8 heteroatoms. The van der Waals surface area contributed by atoms with Crippen LogP contribution < -0.4 is 5.32 Å². The number of anilines is 1. The maximum atomic E-state index is 13.0. The van der Waals surface area contributed by atoms with Crippen LogP contribution in [0.5, 0.6) is 0 Å². The first-order chi connectivity index (χ1) is 12.8. The number of likely N-dealkylation sites (tertiary alicyclic amines) is 1. The van der Waals surface area contributed by atoms with Gasteiger partial charge in [-0.1, -0.05) is 12.1 Å². The van der Waals surface area contributed by atoms with Crippen LogP contribution in [-0.4, -0.2) is 29.8 Å². The SMILES string of the molecule is Cc1ccc(NC(=O)C2CCN(C(=O)c3cccs3)CC2)cc1C(F)(F)F. The summed E-state index contributed by atoms with van der Waals surface area (Å²) >= 11 is 1.38. The normalized spacial score (nSPS) is 15.6. The molecule has 1 fully saturated rings. The largest absolute Gasteiger partial charge is 0.416 e. The van der Waals surface area contributed by atoms with E-state index in [0.717, 1.165) is 6.07 Å². The van der Waals surface area contributed by atoms with Crippen LogP contribution in [0, 0.1) is 12.8 Å². The first kappa shape index (κ1) is 19.4. The number of nitrogens with one attached hydrogen (secondary N) is 1. The fourth-order valence-corrected chi connectivity index (χ4v) is 3.84. The van der Waals surface area contributed by atoms with Crippen LogP contribution in [0.3, 0.4) is 0 Å². The molecule has 0 saturated carbocycles. The van der Waals surface area contributed by atoms with Gasteiger partial charge in [0.1, 0.15) is 0 Å². The zero-order valence-corrected chi connectivity index (χ0v) is 15.5. The molecule has 0 radical (unpaired) electrons. The predicted octanol–water partition coefficient (Wildman–Crippen LogP) is 4.57. The van der Waals surface area contributed by atoms with Crippen LogP contribution in [0.1, 0.15) is 33.6 Å². The van der Waals surface area contributed by atoms with Gasteiger partial charge in [0, 0.05) is 24.7 Å². The number of halogens is 3. The number of amides is 2. The van der Waals surface area contributed by atoms with Gasteiger partial charge >= 0.3 is 6.18 Å². The van der Waals surface area contributed by atoms with Crippen molar-refractivity contribution in [3.05, 3.63) is 51.7 Å². The number of carbonyl (C=O) groups excluding carboxylic acids is 2. The Kier molecular flexibility index (Phi) is 5.55. The van der Waals surface area contributed by atoms with Gasteiger partial charge in [-0.2, -0.15) is 13.2 Å². The van der Waals surface area contributed by atoms with Crippen molar-refractivity contribution in [2.24, 2.45) is 5.92 Å². The molecule has 3 rings (SSSR count). The Bertz CT molecular complexity index is 826. The van der Waals surface area contributed by atoms with E-state index < -0.39 is 11.7 Å². The van der Waals surface area contributed by atoms with Crippen molar-refractivity contribution in [3.63, 3.8) is 0 Å². The van der Waals surface area contributed by atoms with Gasteiger partial charge in [0.2, 0.25) is 5.91 Å². The molecular formula is C19H19F3N2O2S. The molecule has 27 heavy (non-hydrogen) atoms. The van der Waals surface area contributed by atoms with E-state index in [1.165, 1.54) is 30.4 Å². The van der Waals surface area contributed by atoms with Gasteiger partial charge in [0.25, 0.3) is 5.91 Å². The molecule has 0 unspecified atom stereocenters. The Morgan fingerprint density at radius 2 is 1.89 bits per heavy atom. The monoisotopic (exact) mass is 396 g/mol. The summed E-state index contributed by atoms with van der Waals surface area (Å²) in [7, 11) is 0. The summed E-state index contributed by atoms with van der Waals surface area (Å²) in [5, 5.41) is 4.42. The Labute approximate surface area is 159 Å². The van der Waals surface area contributed by atoms with Crippen molar-refractivity contribution < 1.29 is 22.8 Å². The van der Waals surface area contributed by atoms with Crippen molar-refractivity contribution in [1.82, 2.24) is 4.90 Å². The maximum Gasteiger partial charge on any atom is 0.416 e. The van der Waals surface area contributed by atoms with Crippen molar-refractivity contribution in [2.75, 3.05) is 18.4 Å². The first-order valence-corrected chi connectivity index (χ1v) is 9.45. The molecule has 4 nitrogen and oxygen atoms in total. The smallest absolute Gasteiger partial charge is 0.338 e. The van der Waals surface area contributed by atoms with Gasteiger partial charge in [-0.3, -0.25) is 9.59 Å². The van der Waals surface area contributed by atoms with Crippen LogP contribution in [0.15, 0.2) is 35.7 Å². The topological polar surface area (TPSA) is 49.4 Å². The van der Waals surface area contributed by atoms with Gasteiger partial charge in [-0.25, -0.2) is 0 Å². The molecule has 0 spiro atoms. The summed E-state index contributed by atoms with van der Waals surface area (Å²) < 4.78 is 39.0. The molecule has 0 atom stereocenters. The van der Waals surface area contributed by atoms with Crippen molar-refractivity contribution in [2.45, 2.75) is 25.9 Å². The summed E-state index contributed by atoms with van der Waals surface area (Å²) in [6.45, 7) is 2.29. The third-order valence-electron chi connectivity index (χ3n) is 4.70. The molecular weight excluding hydrogens is 377 g/mol. The van der Waals surface area contributed by atoms with E-state index in [4.69, 9.17) is 0 Å². The lowest BCUT2D eigenvalue weighted by Crippen LogP contribution is -2.41. The van der Waals surface area contributed by atoms with Crippen LogP contribution in [0.25, 0.3) is 0 Å². The summed E-state index contributed by atoms with van der Waals surface area (Å²) in [6.07, 6.45) is -3.49. The van der Waals surface area contributed by atoms with E-state index in [2.05, 4.69) is 5.32 Å². The molecule has 0 bridgehead atoms. The summed E-state index contributed by atoms with van der Waals surface area (Å²) in [6, 6.07) is 7.36.